The lowest BCUT2D eigenvalue weighted by molar-refractivity contribution is 0.319. The molecule has 0 heterocycles. The smallest absolute Gasteiger partial charge is 0.337 e. The summed E-state index contributed by atoms with van der Waals surface area (Å²) < 4.78 is 25.2. The first kappa shape index (κ1) is 10.3. The number of hydrogen-bond donors (Lipinski definition) is 2. The van der Waals surface area contributed by atoms with Gasteiger partial charge in [0.25, 0.3) is 0 Å². The summed E-state index contributed by atoms with van der Waals surface area (Å²) in [5.41, 5.74) is 0. The van der Waals surface area contributed by atoms with Gasteiger partial charge in [-0.15, -0.1) is 0 Å². The highest BCUT2D eigenvalue weighted by molar-refractivity contribution is 7.72. The molecule has 0 saturated carbocycles. The summed E-state index contributed by atoms with van der Waals surface area (Å²) in [6, 6.07) is 0. The summed E-state index contributed by atoms with van der Waals surface area (Å²) in [4.78, 5) is 17.3. The average molecular weight is 188 g/mol. The monoisotopic (exact) mass is 188 g/mol. The van der Waals surface area contributed by atoms with Gasteiger partial charge in [0.2, 0.25) is 7.37 Å². The van der Waals surface area contributed by atoms with Crippen LogP contribution in [0.1, 0.15) is 0 Å². The molecule has 0 aromatic rings. The Bertz CT molecular complexity index is 193. The van der Waals surface area contributed by atoms with Crippen LogP contribution in [0.3, 0.4) is 0 Å². The number of rotatable bonds is 3. The summed E-state index contributed by atoms with van der Waals surface area (Å²) in [7, 11) is -6.23. The second-order valence-corrected chi connectivity index (χ2v) is 6.89. The molecule has 0 spiro atoms. The van der Waals surface area contributed by atoms with E-state index >= 15 is 0 Å². The summed E-state index contributed by atoms with van der Waals surface area (Å²) in [5.74, 6) is -0.684. The van der Waals surface area contributed by atoms with Crippen LogP contribution < -0.4 is 0 Å². The van der Waals surface area contributed by atoms with Crippen molar-refractivity contribution in [1.29, 1.82) is 0 Å². The molecule has 7 heteroatoms. The van der Waals surface area contributed by atoms with Crippen molar-refractivity contribution in [3.05, 3.63) is 0 Å². The van der Waals surface area contributed by atoms with Crippen LogP contribution in [0, 0.1) is 0 Å². The fourth-order valence-corrected chi connectivity index (χ4v) is 3.50. The molecule has 2 unspecified atom stereocenters. The maximum Gasteiger partial charge on any atom is 0.337 e. The van der Waals surface area contributed by atoms with Crippen molar-refractivity contribution < 1.29 is 23.4 Å². The molecule has 0 radical (unpaired) electrons. The van der Waals surface area contributed by atoms with Gasteiger partial charge >= 0.3 is 7.60 Å². The number of hydrogen-bond acceptors (Lipinski definition) is 3. The highest BCUT2D eigenvalue weighted by Gasteiger charge is 2.26. The first-order valence-corrected chi connectivity index (χ1v) is 6.49. The van der Waals surface area contributed by atoms with Gasteiger partial charge in [-0.1, -0.05) is 0 Å². The maximum absolute atomic E-state index is 10.6. The minimum Gasteiger partial charge on any atom is -0.344 e. The van der Waals surface area contributed by atoms with Crippen molar-refractivity contribution in [3.8, 4) is 0 Å². The Morgan fingerprint density at radius 1 is 1.40 bits per heavy atom. The Hall–Kier alpha value is 0.340. The summed E-state index contributed by atoms with van der Waals surface area (Å²) in [6.45, 7) is 1.01. The zero-order valence-corrected chi connectivity index (χ0v) is 7.51. The molecular weight excluding hydrogens is 178 g/mol. The normalized spacial score (nSPS) is 23.2. The van der Waals surface area contributed by atoms with Crippen molar-refractivity contribution >= 4 is 15.0 Å². The topological polar surface area (TPSA) is 83.8 Å². The van der Waals surface area contributed by atoms with Gasteiger partial charge in [0, 0.05) is 13.8 Å². The van der Waals surface area contributed by atoms with Gasteiger partial charge in [-0.3, -0.25) is 9.13 Å². The fourth-order valence-electron chi connectivity index (χ4n) is 0.389. The van der Waals surface area contributed by atoms with E-state index in [0.29, 0.717) is 0 Å². The van der Waals surface area contributed by atoms with Crippen molar-refractivity contribution in [2.75, 3.05) is 19.7 Å². The van der Waals surface area contributed by atoms with E-state index in [1.54, 1.807) is 0 Å². The van der Waals surface area contributed by atoms with Gasteiger partial charge in [-0.2, -0.15) is 0 Å². The molecule has 0 aliphatic rings. The van der Waals surface area contributed by atoms with Crippen LogP contribution in [0.2, 0.25) is 0 Å². The Labute approximate surface area is 59.0 Å². The summed E-state index contributed by atoms with van der Waals surface area (Å²) >= 11 is 0. The minimum atomic E-state index is -3.81. The van der Waals surface area contributed by atoms with E-state index in [4.69, 9.17) is 9.79 Å². The highest BCUT2D eigenvalue weighted by Crippen LogP contribution is 2.54. The third-order valence-electron chi connectivity index (χ3n) is 0.726. The SMILES string of the molecule is COP(=O)(O)CP(C)(=O)O. The molecule has 10 heavy (non-hydrogen) atoms. The molecule has 0 fully saturated rings. The van der Waals surface area contributed by atoms with Crippen LogP contribution in [-0.2, 0) is 13.7 Å². The third-order valence-corrected chi connectivity index (χ3v) is 4.83. The Kier molecular flexibility index (Phi) is 3.27. The van der Waals surface area contributed by atoms with E-state index in [2.05, 4.69) is 4.52 Å². The Balaban J connectivity index is 4.17. The second-order valence-electron chi connectivity index (χ2n) is 2.01. The van der Waals surface area contributed by atoms with E-state index in [1.165, 1.54) is 0 Å². The first-order chi connectivity index (χ1) is 4.27. The molecule has 5 nitrogen and oxygen atoms in total. The molecule has 0 aromatic carbocycles. The van der Waals surface area contributed by atoms with Crippen LogP contribution in [0.4, 0.5) is 0 Å². The predicted molar refractivity (Wildman–Crippen MR) is 37.5 cm³/mol. The molecule has 0 aromatic heterocycles. The molecule has 0 bridgehead atoms. The molecule has 0 saturated heterocycles. The van der Waals surface area contributed by atoms with Gasteiger partial charge in [0.15, 0.2) is 0 Å². The first-order valence-electron chi connectivity index (χ1n) is 2.44. The molecule has 0 aliphatic heterocycles. The van der Waals surface area contributed by atoms with E-state index in [0.717, 1.165) is 13.8 Å². The predicted octanol–water partition coefficient (Wildman–Crippen LogP) is 0.676. The van der Waals surface area contributed by atoms with E-state index in [1.807, 2.05) is 0 Å². The molecule has 2 N–H and O–H groups in total. The molecule has 2 atom stereocenters. The molecule has 0 amide bonds. The minimum absolute atomic E-state index is 0.684. The standard InChI is InChI=1S/C3H10O5P2/c1-8-10(6,7)3-9(2,4)5/h3H2,1-2H3,(H,4,5)(H,6,7). The lowest BCUT2D eigenvalue weighted by atomic mass is 11.8. The van der Waals surface area contributed by atoms with Gasteiger partial charge in [-0.25, -0.2) is 0 Å². The van der Waals surface area contributed by atoms with Crippen LogP contribution in [0.5, 0.6) is 0 Å². The lowest BCUT2D eigenvalue weighted by Gasteiger charge is -2.09. The van der Waals surface area contributed by atoms with Crippen molar-refractivity contribution in [1.82, 2.24) is 0 Å². The van der Waals surface area contributed by atoms with Crippen LogP contribution in [-0.4, -0.2) is 29.5 Å². The average Bonchev–Trinajstić information content (AvgIpc) is 1.60. The van der Waals surface area contributed by atoms with Gasteiger partial charge in [0.05, 0.1) is 0 Å². The largest absolute Gasteiger partial charge is 0.344 e. The van der Waals surface area contributed by atoms with E-state index in [9.17, 15) is 9.13 Å². The lowest BCUT2D eigenvalue weighted by Crippen LogP contribution is -1.91. The van der Waals surface area contributed by atoms with Crippen LogP contribution >= 0.6 is 15.0 Å². The molecular formula is C3H10O5P2. The Morgan fingerprint density at radius 3 is 1.90 bits per heavy atom. The van der Waals surface area contributed by atoms with Crippen molar-refractivity contribution in [3.63, 3.8) is 0 Å². The quantitative estimate of drug-likeness (QED) is 0.636. The van der Waals surface area contributed by atoms with E-state index < -0.39 is 20.9 Å². The van der Waals surface area contributed by atoms with Gasteiger partial charge in [0.1, 0.15) is 5.90 Å². The fraction of sp³-hybridized carbons (Fsp3) is 1.00. The van der Waals surface area contributed by atoms with Gasteiger partial charge < -0.3 is 14.3 Å². The molecule has 0 rings (SSSR count). The summed E-state index contributed by atoms with van der Waals surface area (Å²) in [6.07, 6.45) is 0. The zero-order valence-electron chi connectivity index (χ0n) is 5.72. The van der Waals surface area contributed by atoms with E-state index in [-0.39, 0.29) is 0 Å². The maximum atomic E-state index is 10.6. The molecule has 0 aliphatic carbocycles. The second kappa shape index (κ2) is 3.16. The van der Waals surface area contributed by atoms with Crippen molar-refractivity contribution in [2.24, 2.45) is 0 Å². The highest BCUT2D eigenvalue weighted by atomic mass is 31.2. The van der Waals surface area contributed by atoms with Gasteiger partial charge in [-0.05, 0) is 0 Å². The van der Waals surface area contributed by atoms with Crippen LogP contribution in [0.25, 0.3) is 0 Å². The Morgan fingerprint density at radius 2 is 1.80 bits per heavy atom. The summed E-state index contributed by atoms with van der Waals surface area (Å²) in [5, 5.41) is 0. The van der Waals surface area contributed by atoms with Crippen LogP contribution in [0.15, 0.2) is 0 Å². The third kappa shape index (κ3) is 5.15. The molecule has 62 valence electrons. The zero-order chi connectivity index (χ0) is 8.41. The van der Waals surface area contributed by atoms with Crippen molar-refractivity contribution in [2.45, 2.75) is 0 Å².